The lowest BCUT2D eigenvalue weighted by Crippen LogP contribution is -2.67. The molecule has 3 aromatic carbocycles. The molecule has 0 radical (unpaired) electrons. The number of halogens is 3. The van der Waals surface area contributed by atoms with E-state index in [0.717, 1.165) is 18.4 Å². The largest absolute Gasteiger partial charge is 0.573 e. The number of anilines is 1. The van der Waals surface area contributed by atoms with Gasteiger partial charge in [0.2, 0.25) is 0 Å². The van der Waals surface area contributed by atoms with Gasteiger partial charge in [0.25, 0.3) is 0 Å². The number of amides is 2. The molecule has 3 aromatic rings. The van der Waals surface area contributed by atoms with E-state index >= 15 is 0 Å². The van der Waals surface area contributed by atoms with Gasteiger partial charge in [0.1, 0.15) is 5.75 Å². The Morgan fingerprint density at radius 3 is 2.17 bits per heavy atom. The molecule has 284 valence electrons. The molecule has 2 amide bonds. The minimum absolute atomic E-state index is 0.0204. The number of urea groups is 1. The van der Waals surface area contributed by atoms with Gasteiger partial charge in [0.15, 0.2) is 5.78 Å². The minimum atomic E-state index is -4.83. The van der Waals surface area contributed by atoms with Gasteiger partial charge in [-0.05, 0) is 92.0 Å². The van der Waals surface area contributed by atoms with Gasteiger partial charge in [-0.25, -0.2) is 4.79 Å². The van der Waals surface area contributed by atoms with E-state index in [1.54, 1.807) is 29.2 Å². The van der Waals surface area contributed by atoms with Crippen LogP contribution in [0.15, 0.2) is 109 Å². The zero-order chi connectivity index (χ0) is 38.1. The van der Waals surface area contributed by atoms with Gasteiger partial charge >= 0.3 is 12.4 Å². The molecule has 7 nitrogen and oxygen atoms in total. The molecular formula is C44H47F3N2O5. The van der Waals surface area contributed by atoms with Gasteiger partial charge in [-0.15, -0.1) is 13.2 Å². The standard InChI is InChI=1S/C44H47F3N2O5/c1-39-20-17-32(50)25-41(39)23-24-43(34(26-41)37(51)30-9-5-3-6-10-30)35(39)18-21-40(2)36(43)19-22-42(40,53)28-49(38(52)48-31-11-7-4-8-12-31)27-29-13-15-33(16-14-29)54-44(45,46)47/h3-16,23-24,26,32,35-36,50,53H,17-22,25,27-28H2,1-2H3,(H,48,52). The molecule has 3 saturated carbocycles. The van der Waals surface area contributed by atoms with Crippen molar-refractivity contribution in [3.8, 4) is 5.75 Å². The number of nitrogens with one attached hydrogen (secondary N) is 1. The average Bonchev–Trinajstić information content (AvgIpc) is 3.41. The van der Waals surface area contributed by atoms with Crippen LogP contribution in [-0.4, -0.2) is 51.5 Å². The molecular weight excluding hydrogens is 693 g/mol. The third-order valence-corrected chi connectivity index (χ3v) is 14.3. The SMILES string of the molecule is CC12CCC(O)CC13C=CC1(C(C(=O)c4ccccc4)=C3)C2CCC2(C)C1CCC2(O)CN(Cc1ccc(OC(F)(F)F)cc1)C(=O)Nc1ccccc1. The van der Waals surface area contributed by atoms with Crippen molar-refractivity contribution in [3.63, 3.8) is 0 Å². The number of hydrogen-bond acceptors (Lipinski definition) is 5. The van der Waals surface area contributed by atoms with Crippen LogP contribution in [0.1, 0.15) is 74.7 Å². The highest BCUT2D eigenvalue weighted by Gasteiger charge is 2.74. The fourth-order valence-corrected chi connectivity index (χ4v) is 11.6. The van der Waals surface area contributed by atoms with E-state index in [1.165, 1.54) is 24.3 Å². The number of carbonyl (C=O) groups excluding carboxylic acids is 2. The number of carbonyl (C=O) groups is 2. The molecule has 0 heterocycles. The summed E-state index contributed by atoms with van der Waals surface area (Å²) < 4.78 is 42.7. The molecule has 0 aromatic heterocycles. The summed E-state index contributed by atoms with van der Waals surface area (Å²) in [5.74, 6) is -0.387. The maximum Gasteiger partial charge on any atom is 0.573 e. The van der Waals surface area contributed by atoms with Gasteiger partial charge in [0.05, 0.1) is 18.2 Å². The van der Waals surface area contributed by atoms with Crippen molar-refractivity contribution in [2.45, 2.75) is 83.4 Å². The summed E-state index contributed by atoms with van der Waals surface area (Å²) in [5, 5.41) is 27.0. The van der Waals surface area contributed by atoms with Crippen molar-refractivity contribution in [1.82, 2.24) is 4.90 Å². The molecule has 0 aliphatic heterocycles. The molecule has 8 atom stereocenters. The number of hydrogen-bond donors (Lipinski definition) is 3. The minimum Gasteiger partial charge on any atom is -0.406 e. The van der Waals surface area contributed by atoms with E-state index < -0.39 is 40.3 Å². The Labute approximate surface area is 313 Å². The van der Waals surface area contributed by atoms with E-state index in [4.69, 9.17) is 0 Å². The summed E-state index contributed by atoms with van der Waals surface area (Å²) >= 11 is 0. The van der Waals surface area contributed by atoms with Crippen LogP contribution in [0.3, 0.4) is 0 Å². The van der Waals surface area contributed by atoms with Crippen molar-refractivity contribution in [2.24, 2.45) is 33.5 Å². The number of aliphatic hydroxyl groups excluding tert-OH is 1. The van der Waals surface area contributed by atoms with Crippen LogP contribution < -0.4 is 10.1 Å². The lowest BCUT2D eigenvalue weighted by molar-refractivity contribution is -0.274. The number of para-hydroxylation sites is 1. The van der Waals surface area contributed by atoms with Crippen molar-refractivity contribution in [3.05, 3.63) is 120 Å². The first kappa shape index (κ1) is 36.6. The zero-order valence-electron chi connectivity index (χ0n) is 30.6. The number of ketones is 1. The highest BCUT2D eigenvalue weighted by Crippen LogP contribution is 2.78. The number of aliphatic hydroxyl groups is 2. The Hall–Kier alpha value is -4.41. The van der Waals surface area contributed by atoms with Crippen LogP contribution in [-0.2, 0) is 6.54 Å². The highest BCUT2D eigenvalue weighted by atomic mass is 19.4. The highest BCUT2D eigenvalue weighted by molar-refractivity contribution is 6.10. The number of allylic oxidation sites excluding steroid dienone is 4. The topological polar surface area (TPSA) is 99.1 Å². The summed E-state index contributed by atoms with van der Waals surface area (Å²) in [6.45, 7) is 4.46. The second-order valence-electron chi connectivity index (χ2n) is 16.8. The maximum atomic E-state index is 14.7. The predicted molar refractivity (Wildman–Crippen MR) is 198 cm³/mol. The van der Waals surface area contributed by atoms with Crippen molar-refractivity contribution in [1.29, 1.82) is 0 Å². The molecule has 8 unspecified atom stereocenters. The number of ether oxygens (including phenoxy) is 1. The van der Waals surface area contributed by atoms with Crippen molar-refractivity contribution >= 4 is 17.5 Å². The first-order chi connectivity index (χ1) is 25.6. The number of rotatable bonds is 8. The van der Waals surface area contributed by atoms with E-state index in [2.05, 4.69) is 42.1 Å². The molecule has 54 heavy (non-hydrogen) atoms. The van der Waals surface area contributed by atoms with Gasteiger partial charge in [-0.3, -0.25) is 4.79 Å². The number of benzene rings is 3. The first-order valence-corrected chi connectivity index (χ1v) is 19.0. The second-order valence-corrected chi connectivity index (χ2v) is 16.8. The van der Waals surface area contributed by atoms with Crippen LogP contribution in [0, 0.1) is 33.5 Å². The Morgan fingerprint density at radius 2 is 1.48 bits per heavy atom. The fraction of sp³-hybridized carbons (Fsp3) is 0.455. The summed E-state index contributed by atoms with van der Waals surface area (Å²) in [5.41, 5.74) is -0.842. The third-order valence-electron chi connectivity index (χ3n) is 14.3. The fourth-order valence-electron chi connectivity index (χ4n) is 11.6. The molecule has 2 spiro atoms. The smallest absolute Gasteiger partial charge is 0.406 e. The van der Waals surface area contributed by atoms with Crippen molar-refractivity contribution in [2.75, 3.05) is 11.9 Å². The number of alkyl halides is 3. The van der Waals surface area contributed by atoms with Gasteiger partial charge in [-0.1, -0.05) is 92.7 Å². The van der Waals surface area contributed by atoms with Crippen LogP contribution in [0.25, 0.3) is 0 Å². The van der Waals surface area contributed by atoms with E-state index in [0.29, 0.717) is 48.9 Å². The Balaban J connectivity index is 1.16. The number of Topliss-reactive ketones (excluding diaryl/α,β-unsaturated/α-hetero) is 1. The summed E-state index contributed by atoms with van der Waals surface area (Å²) in [6.07, 6.45) is 6.04. The number of nitrogens with zero attached hydrogens (tertiary/aromatic N) is 1. The van der Waals surface area contributed by atoms with Crippen molar-refractivity contribution < 1.29 is 37.7 Å². The van der Waals surface area contributed by atoms with Crippen LogP contribution in [0.4, 0.5) is 23.7 Å². The molecule has 2 bridgehead atoms. The maximum absolute atomic E-state index is 14.7. The summed E-state index contributed by atoms with van der Waals surface area (Å²) in [7, 11) is 0. The number of fused-ring (bicyclic) bond motifs is 1. The lowest BCUT2D eigenvalue weighted by Gasteiger charge is -2.71. The zero-order valence-corrected chi connectivity index (χ0v) is 30.6. The molecule has 3 fully saturated rings. The normalized spacial score (nSPS) is 34.9. The Morgan fingerprint density at radius 1 is 0.852 bits per heavy atom. The molecule has 0 saturated heterocycles. The van der Waals surface area contributed by atoms with E-state index in [9.17, 15) is 33.0 Å². The first-order valence-electron chi connectivity index (χ1n) is 19.0. The molecule has 9 rings (SSSR count). The average molecular weight is 741 g/mol. The predicted octanol–water partition coefficient (Wildman–Crippen LogP) is 9.09. The quantitative estimate of drug-likeness (QED) is 0.158. The molecule has 10 heteroatoms. The van der Waals surface area contributed by atoms with E-state index in [-0.39, 0.29) is 41.9 Å². The molecule has 3 N–H and O–H groups in total. The Kier molecular flexibility index (Phi) is 8.69. The third kappa shape index (κ3) is 5.70. The van der Waals surface area contributed by atoms with Gasteiger partial charge in [0, 0.05) is 39.6 Å². The van der Waals surface area contributed by atoms with Gasteiger partial charge < -0.3 is 25.2 Å². The van der Waals surface area contributed by atoms with Crippen LogP contribution >= 0.6 is 0 Å². The van der Waals surface area contributed by atoms with E-state index in [1.807, 2.05) is 36.4 Å². The summed E-state index contributed by atoms with van der Waals surface area (Å²) in [4.78, 5) is 30.4. The summed E-state index contributed by atoms with van der Waals surface area (Å²) in [6, 6.07) is 23.3. The monoisotopic (exact) mass is 740 g/mol. The van der Waals surface area contributed by atoms with Crippen LogP contribution in [0.5, 0.6) is 5.75 Å². The molecule has 6 aliphatic rings. The lowest BCUT2D eigenvalue weighted by atomic mass is 9.32. The van der Waals surface area contributed by atoms with Crippen LogP contribution in [0.2, 0.25) is 0 Å². The Bertz CT molecular complexity index is 1990. The molecule has 6 aliphatic carbocycles. The van der Waals surface area contributed by atoms with Gasteiger partial charge in [-0.2, -0.15) is 0 Å². The second kappa shape index (κ2) is 12.8.